The Balaban J connectivity index is 1.71. The molecule has 0 saturated heterocycles. The lowest BCUT2D eigenvalue weighted by atomic mass is 9.76. The van der Waals surface area contributed by atoms with Gasteiger partial charge in [0.05, 0.1) is 11.6 Å². The van der Waals surface area contributed by atoms with Gasteiger partial charge in [0.2, 0.25) is 0 Å². The Bertz CT molecular complexity index is 480. The van der Waals surface area contributed by atoms with Crippen LogP contribution in [0.5, 0.6) is 0 Å². The molecule has 2 heteroatoms. The zero-order valence-electron chi connectivity index (χ0n) is 13.7. The molecule has 0 spiro atoms. The third-order valence-electron chi connectivity index (χ3n) is 5.73. The van der Waals surface area contributed by atoms with Crippen molar-refractivity contribution in [2.75, 3.05) is 5.32 Å². The highest BCUT2D eigenvalue weighted by atomic mass is 16.3. The van der Waals surface area contributed by atoms with Gasteiger partial charge in [0.15, 0.2) is 0 Å². The summed E-state index contributed by atoms with van der Waals surface area (Å²) in [4.78, 5) is 0. The van der Waals surface area contributed by atoms with Crippen LogP contribution < -0.4 is 5.32 Å². The van der Waals surface area contributed by atoms with Crippen LogP contribution in [-0.4, -0.2) is 16.7 Å². The lowest BCUT2D eigenvalue weighted by Gasteiger charge is -2.34. The molecular formula is C19H29NO. The van der Waals surface area contributed by atoms with Crippen molar-refractivity contribution < 1.29 is 5.11 Å². The Morgan fingerprint density at radius 2 is 1.90 bits per heavy atom. The molecule has 0 amide bonds. The van der Waals surface area contributed by atoms with E-state index in [0.717, 1.165) is 38.0 Å². The molecule has 2 N–H and O–H groups in total. The molecule has 1 aliphatic carbocycles. The molecule has 0 radical (unpaired) electrons. The van der Waals surface area contributed by atoms with Gasteiger partial charge in [-0.05, 0) is 55.1 Å². The molecule has 1 aromatic carbocycles. The first-order valence-electron chi connectivity index (χ1n) is 8.45. The summed E-state index contributed by atoms with van der Waals surface area (Å²) in [5.41, 5.74) is 2.39. The zero-order valence-corrected chi connectivity index (χ0v) is 13.7. The second-order valence-electron chi connectivity index (χ2n) is 8.16. The molecule has 2 nitrogen and oxygen atoms in total. The number of nitrogens with one attached hydrogen (secondary N) is 1. The molecule has 116 valence electrons. The van der Waals surface area contributed by atoms with E-state index in [0.29, 0.717) is 5.41 Å². The maximum Gasteiger partial charge on any atom is 0.0851 e. The first-order chi connectivity index (χ1) is 9.88. The van der Waals surface area contributed by atoms with Gasteiger partial charge in [-0.3, -0.25) is 0 Å². The number of hydrogen-bond donors (Lipinski definition) is 2. The summed E-state index contributed by atoms with van der Waals surface area (Å²) in [5.74, 6) is 0.732. The van der Waals surface area contributed by atoms with Gasteiger partial charge in [0.1, 0.15) is 0 Å². The van der Waals surface area contributed by atoms with Crippen molar-refractivity contribution in [2.24, 2.45) is 11.3 Å². The quantitative estimate of drug-likeness (QED) is 0.751. The number of anilines is 1. The molecule has 1 fully saturated rings. The minimum Gasteiger partial charge on any atom is -0.388 e. The van der Waals surface area contributed by atoms with Crippen molar-refractivity contribution in [1.29, 1.82) is 0 Å². The molecule has 0 bridgehead atoms. The van der Waals surface area contributed by atoms with E-state index in [-0.39, 0.29) is 6.04 Å². The highest BCUT2D eigenvalue weighted by Crippen LogP contribution is 2.43. The number of hydrogen-bond acceptors (Lipinski definition) is 2. The Kier molecular flexibility index (Phi) is 3.77. The van der Waals surface area contributed by atoms with Gasteiger partial charge in [-0.1, -0.05) is 45.4 Å². The minimum atomic E-state index is -0.543. The smallest absolute Gasteiger partial charge is 0.0851 e. The topological polar surface area (TPSA) is 32.3 Å². The summed E-state index contributed by atoms with van der Waals surface area (Å²) in [6, 6.07) is 8.67. The predicted molar refractivity (Wildman–Crippen MR) is 88.5 cm³/mol. The molecule has 3 atom stereocenters. The summed E-state index contributed by atoms with van der Waals surface area (Å²) in [7, 11) is 0. The maximum atomic E-state index is 11.2. The normalized spacial score (nSPS) is 33.1. The fourth-order valence-electron chi connectivity index (χ4n) is 4.18. The van der Waals surface area contributed by atoms with Crippen molar-refractivity contribution in [3.63, 3.8) is 0 Å². The highest BCUT2D eigenvalue weighted by Gasteiger charge is 2.42. The van der Waals surface area contributed by atoms with Crippen LogP contribution in [0.15, 0.2) is 24.3 Å². The Morgan fingerprint density at radius 1 is 1.14 bits per heavy atom. The van der Waals surface area contributed by atoms with Gasteiger partial charge in [0, 0.05) is 5.69 Å². The first kappa shape index (κ1) is 14.9. The molecule has 1 aliphatic heterocycles. The van der Waals surface area contributed by atoms with E-state index < -0.39 is 5.60 Å². The highest BCUT2D eigenvalue weighted by molar-refractivity contribution is 5.57. The van der Waals surface area contributed by atoms with E-state index in [1.807, 2.05) is 0 Å². The molecule has 1 saturated carbocycles. The average Bonchev–Trinajstić information content (AvgIpc) is 2.75. The van der Waals surface area contributed by atoms with Crippen LogP contribution in [0.2, 0.25) is 0 Å². The SMILES string of the molecule is CC(C)(C)C1CCCC(O)(C2Cc3ccccc3N2)CC1. The number of fused-ring (bicyclic) bond motifs is 1. The van der Waals surface area contributed by atoms with Crippen LogP contribution in [-0.2, 0) is 6.42 Å². The molecule has 2 aliphatic rings. The lowest BCUT2D eigenvalue weighted by molar-refractivity contribution is 0.00552. The summed E-state index contributed by atoms with van der Waals surface area (Å²) in [6.45, 7) is 7.02. The average molecular weight is 287 g/mol. The van der Waals surface area contributed by atoms with E-state index >= 15 is 0 Å². The standard InChI is InChI=1S/C19H29NO/c1-18(2,3)15-8-6-11-19(21,12-10-15)17-13-14-7-4-5-9-16(14)20-17/h4-5,7,9,15,17,20-21H,6,8,10-13H2,1-3H3. The van der Waals surface area contributed by atoms with Gasteiger partial charge in [-0.15, -0.1) is 0 Å². The van der Waals surface area contributed by atoms with Crippen molar-refractivity contribution in [3.05, 3.63) is 29.8 Å². The van der Waals surface area contributed by atoms with E-state index in [4.69, 9.17) is 0 Å². The summed E-state index contributed by atoms with van der Waals surface area (Å²) < 4.78 is 0. The minimum absolute atomic E-state index is 0.189. The molecule has 3 rings (SSSR count). The number of aliphatic hydroxyl groups is 1. The second-order valence-corrected chi connectivity index (χ2v) is 8.16. The van der Waals surface area contributed by atoms with Gasteiger partial charge < -0.3 is 10.4 Å². The molecule has 1 heterocycles. The van der Waals surface area contributed by atoms with Crippen LogP contribution in [0.3, 0.4) is 0 Å². The first-order valence-corrected chi connectivity index (χ1v) is 8.45. The third kappa shape index (κ3) is 2.96. The van der Waals surface area contributed by atoms with Gasteiger partial charge in [-0.2, -0.15) is 0 Å². The van der Waals surface area contributed by atoms with E-state index in [9.17, 15) is 5.11 Å². The zero-order chi connectivity index (χ0) is 15.1. The van der Waals surface area contributed by atoms with Crippen molar-refractivity contribution in [1.82, 2.24) is 0 Å². The Morgan fingerprint density at radius 3 is 2.62 bits per heavy atom. The molecule has 21 heavy (non-hydrogen) atoms. The Labute approximate surface area is 129 Å². The van der Waals surface area contributed by atoms with Crippen LogP contribution in [0.4, 0.5) is 5.69 Å². The van der Waals surface area contributed by atoms with E-state index in [1.165, 1.54) is 17.7 Å². The van der Waals surface area contributed by atoms with Crippen molar-refractivity contribution in [3.8, 4) is 0 Å². The maximum absolute atomic E-state index is 11.2. The second kappa shape index (κ2) is 5.31. The summed E-state index contributed by atoms with van der Waals surface area (Å²) in [6.07, 6.45) is 6.38. The Hall–Kier alpha value is -1.02. The molecule has 1 aromatic rings. The fraction of sp³-hybridized carbons (Fsp3) is 0.684. The summed E-state index contributed by atoms with van der Waals surface area (Å²) in [5, 5.41) is 14.8. The van der Waals surface area contributed by atoms with Gasteiger partial charge in [-0.25, -0.2) is 0 Å². The van der Waals surface area contributed by atoms with Crippen LogP contribution in [0.1, 0.15) is 58.4 Å². The number of benzene rings is 1. The molecule has 3 unspecified atom stereocenters. The van der Waals surface area contributed by atoms with E-state index in [1.54, 1.807) is 0 Å². The molecule has 0 aromatic heterocycles. The van der Waals surface area contributed by atoms with Crippen LogP contribution >= 0.6 is 0 Å². The van der Waals surface area contributed by atoms with E-state index in [2.05, 4.69) is 50.4 Å². The largest absolute Gasteiger partial charge is 0.388 e. The van der Waals surface area contributed by atoms with Gasteiger partial charge >= 0.3 is 0 Å². The van der Waals surface area contributed by atoms with Crippen molar-refractivity contribution in [2.45, 2.75) is 70.9 Å². The fourth-order valence-corrected chi connectivity index (χ4v) is 4.18. The predicted octanol–water partition coefficient (Wildman–Crippen LogP) is 4.38. The third-order valence-corrected chi connectivity index (χ3v) is 5.73. The number of para-hydroxylation sites is 1. The van der Waals surface area contributed by atoms with Crippen molar-refractivity contribution >= 4 is 5.69 Å². The summed E-state index contributed by atoms with van der Waals surface area (Å²) >= 11 is 0. The van der Waals surface area contributed by atoms with Gasteiger partial charge in [0.25, 0.3) is 0 Å². The molecular weight excluding hydrogens is 258 g/mol. The monoisotopic (exact) mass is 287 g/mol. The number of rotatable bonds is 1. The lowest BCUT2D eigenvalue weighted by Crippen LogP contribution is -2.45. The van der Waals surface area contributed by atoms with Crippen LogP contribution in [0, 0.1) is 11.3 Å². The van der Waals surface area contributed by atoms with Crippen LogP contribution in [0.25, 0.3) is 0 Å².